The summed E-state index contributed by atoms with van der Waals surface area (Å²) in [5.74, 6) is 0. The van der Waals surface area contributed by atoms with E-state index in [1.54, 1.807) is 7.11 Å². The second-order valence-electron chi connectivity index (χ2n) is 2.49. The van der Waals surface area contributed by atoms with Gasteiger partial charge in [-0.3, -0.25) is 0 Å². The summed E-state index contributed by atoms with van der Waals surface area (Å²) >= 11 is 0. The fourth-order valence-electron chi connectivity index (χ4n) is 0.808. The van der Waals surface area contributed by atoms with Crippen molar-refractivity contribution in [2.24, 2.45) is 0 Å². The highest BCUT2D eigenvalue weighted by Crippen LogP contribution is 1.68. The number of hydrogen-bond acceptors (Lipinski definition) is 3. The first-order valence-corrected chi connectivity index (χ1v) is 5.90. The van der Waals surface area contributed by atoms with Gasteiger partial charge in [0.2, 0.25) is 0 Å². The molecule has 11 heavy (non-hydrogen) atoms. The molecular formula is C7H20N2OSi. The third-order valence-corrected chi connectivity index (χ3v) is 2.18. The van der Waals surface area contributed by atoms with E-state index in [1.165, 1.54) is 6.04 Å². The molecule has 1 rings (SSSR count). The third kappa shape index (κ3) is 10.1. The van der Waals surface area contributed by atoms with Gasteiger partial charge in [-0.25, -0.2) is 0 Å². The molecule has 68 valence electrons. The van der Waals surface area contributed by atoms with Gasteiger partial charge in [0.25, 0.3) is 0 Å². The second-order valence-corrected chi connectivity index (χ2v) is 4.48. The van der Waals surface area contributed by atoms with Gasteiger partial charge in [-0.05, 0) is 6.04 Å². The molecule has 1 saturated heterocycles. The maximum Gasteiger partial charge on any atom is 0.160 e. The summed E-state index contributed by atoms with van der Waals surface area (Å²) in [6, 6.07) is 1.26. The molecule has 1 fully saturated rings. The maximum atomic E-state index is 4.83. The van der Waals surface area contributed by atoms with Crippen LogP contribution in [0.25, 0.3) is 0 Å². The van der Waals surface area contributed by atoms with E-state index in [2.05, 4.69) is 17.6 Å². The lowest BCUT2D eigenvalue weighted by molar-refractivity contribution is 0.442. The number of nitrogens with one attached hydrogen (secondary N) is 2. The molecule has 0 aliphatic carbocycles. The molecule has 1 heterocycles. The average molecular weight is 176 g/mol. The first kappa shape index (κ1) is 11.1. The molecule has 0 bridgehead atoms. The van der Waals surface area contributed by atoms with Gasteiger partial charge in [-0.1, -0.05) is 6.92 Å². The minimum absolute atomic E-state index is 0.0679. The molecule has 4 heteroatoms. The predicted molar refractivity (Wildman–Crippen MR) is 51.8 cm³/mol. The van der Waals surface area contributed by atoms with Crippen LogP contribution in [0.1, 0.15) is 6.92 Å². The molecule has 3 nitrogen and oxygen atoms in total. The molecule has 0 saturated carbocycles. The van der Waals surface area contributed by atoms with Crippen LogP contribution in [0.3, 0.4) is 0 Å². The van der Waals surface area contributed by atoms with Gasteiger partial charge in [-0.2, -0.15) is 0 Å². The Balaban J connectivity index is 0.000000187. The van der Waals surface area contributed by atoms with Crippen molar-refractivity contribution in [2.45, 2.75) is 13.0 Å². The Hall–Kier alpha value is 0.0969. The minimum Gasteiger partial charge on any atom is -0.427 e. The first-order chi connectivity index (χ1) is 5.41. The van der Waals surface area contributed by atoms with E-state index in [1.807, 2.05) is 0 Å². The van der Waals surface area contributed by atoms with E-state index in [-0.39, 0.29) is 9.76 Å². The van der Waals surface area contributed by atoms with E-state index in [9.17, 15) is 0 Å². The highest BCUT2D eigenvalue weighted by Gasteiger charge is 1.91. The topological polar surface area (TPSA) is 33.3 Å². The highest BCUT2D eigenvalue weighted by atomic mass is 28.2. The number of hydrogen-bond donors (Lipinski definition) is 2. The Morgan fingerprint density at radius 1 is 1.18 bits per heavy atom. The normalized spacial score (nSPS) is 18.0. The third-order valence-electron chi connectivity index (χ3n) is 1.37. The molecule has 2 N–H and O–H groups in total. The fraction of sp³-hybridized carbons (Fsp3) is 1.00. The quantitative estimate of drug-likeness (QED) is 0.548. The summed E-state index contributed by atoms with van der Waals surface area (Å²) in [5, 5.41) is 6.44. The maximum absolute atomic E-state index is 4.83. The Morgan fingerprint density at radius 3 is 1.73 bits per heavy atom. The van der Waals surface area contributed by atoms with Gasteiger partial charge >= 0.3 is 0 Å². The summed E-state index contributed by atoms with van der Waals surface area (Å²) in [6.45, 7) is 6.70. The van der Waals surface area contributed by atoms with Crippen LogP contribution >= 0.6 is 0 Å². The lowest BCUT2D eigenvalue weighted by Crippen LogP contribution is -2.39. The lowest BCUT2D eigenvalue weighted by atomic mass is 10.4. The molecule has 0 aromatic rings. The first-order valence-electron chi connectivity index (χ1n) is 4.32. The van der Waals surface area contributed by atoms with Gasteiger partial charge in [0, 0.05) is 33.3 Å². The summed E-state index contributed by atoms with van der Waals surface area (Å²) in [6.07, 6.45) is 0. The zero-order chi connectivity index (χ0) is 8.36. The van der Waals surface area contributed by atoms with E-state index in [0.717, 1.165) is 26.2 Å². The van der Waals surface area contributed by atoms with Crippen molar-refractivity contribution in [3.8, 4) is 0 Å². The molecule has 0 amide bonds. The molecule has 1 aliphatic heterocycles. The van der Waals surface area contributed by atoms with Gasteiger partial charge in [0.05, 0.1) is 0 Å². The second kappa shape index (κ2) is 10.1. The fourth-order valence-corrected chi connectivity index (χ4v) is 1.22. The van der Waals surface area contributed by atoms with Crippen LogP contribution in [0.15, 0.2) is 0 Å². The molecule has 0 aromatic carbocycles. The predicted octanol–water partition coefficient (Wildman–Crippen LogP) is -0.666. The van der Waals surface area contributed by atoms with Gasteiger partial charge in [-0.15, -0.1) is 0 Å². The summed E-state index contributed by atoms with van der Waals surface area (Å²) < 4.78 is 4.83. The van der Waals surface area contributed by atoms with Gasteiger partial charge in [0.15, 0.2) is 9.76 Å². The van der Waals surface area contributed by atoms with Crippen molar-refractivity contribution in [1.29, 1.82) is 0 Å². The zero-order valence-electron chi connectivity index (χ0n) is 7.65. The molecule has 0 aromatic heterocycles. The van der Waals surface area contributed by atoms with E-state index in [0.29, 0.717) is 0 Å². The number of rotatable bonds is 2. The highest BCUT2D eigenvalue weighted by molar-refractivity contribution is 6.26. The average Bonchev–Trinajstić information content (AvgIpc) is 2.10. The molecule has 0 spiro atoms. The lowest BCUT2D eigenvalue weighted by Gasteiger charge is -2.11. The Labute approximate surface area is 71.8 Å². The molecule has 1 aliphatic rings. The van der Waals surface area contributed by atoms with E-state index >= 15 is 0 Å². The minimum atomic E-state index is -0.0679. The van der Waals surface area contributed by atoms with Crippen molar-refractivity contribution < 1.29 is 4.43 Å². The summed E-state index contributed by atoms with van der Waals surface area (Å²) in [7, 11) is 1.71. The largest absolute Gasteiger partial charge is 0.427 e. The Kier molecular flexibility index (Phi) is 10.2. The molecule has 0 radical (unpaired) electrons. The molecule has 0 unspecified atom stereocenters. The Bertz CT molecular complexity index is 56.0. The zero-order valence-corrected chi connectivity index (χ0v) is 9.07. The van der Waals surface area contributed by atoms with Crippen molar-refractivity contribution in [1.82, 2.24) is 10.6 Å². The molecule has 0 atom stereocenters. The summed E-state index contributed by atoms with van der Waals surface area (Å²) in [5.41, 5.74) is 0. The van der Waals surface area contributed by atoms with Crippen LogP contribution in [0, 0.1) is 0 Å². The summed E-state index contributed by atoms with van der Waals surface area (Å²) in [4.78, 5) is 0. The van der Waals surface area contributed by atoms with E-state index < -0.39 is 0 Å². The standard InChI is InChI=1S/C4H10N2.C3H10OSi/c1-2-6-4-3-5-1;1-3-5-4-2/h5-6H,1-4H2;3,5H2,1-2H3. The van der Waals surface area contributed by atoms with Crippen molar-refractivity contribution in [3.63, 3.8) is 0 Å². The van der Waals surface area contributed by atoms with Crippen LogP contribution in [0.2, 0.25) is 6.04 Å². The van der Waals surface area contributed by atoms with Crippen LogP contribution in [-0.4, -0.2) is 43.1 Å². The smallest absolute Gasteiger partial charge is 0.160 e. The van der Waals surface area contributed by atoms with Crippen LogP contribution < -0.4 is 10.6 Å². The Morgan fingerprint density at radius 2 is 1.64 bits per heavy atom. The number of piperazine rings is 1. The van der Waals surface area contributed by atoms with Crippen LogP contribution in [0.4, 0.5) is 0 Å². The van der Waals surface area contributed by atoms with Gasteiger partial charge in [0.1, 0.15) is 0 Å². The SMILES string of the molecule is C1CNCCN1.CC[SiH2]OC. The van der Waals surface area contributed by atoms with Crippen LogP contribution in [-0.2, 0) is 4.43 Å². The van der Waals surface area contributed by atoms with Crippen LogP contribution in [0.5, 0.6) is 0 Å². The monoisotopic (exact) mass is 176 g/mol. The molecular weight excluding hydrogens is 156 g/mol. The van der Waals surface area contributed by atoms with Crippen molar-refractivity contribution in [2.75, 3.05) is 33.3 Å². The van der Waals surface area contributed by atoms with E-state index in [4.69, 9.17) is 4.43 Å². The van der Waals surface area contributed by atoms with Crippen molar-refractivity contribution in [3.05, 3.63) is 0 Å². The van der Waals surface area contributed by atoms with Crippen molar-refractivity contribution >= 4 is 9.76 Å². The van der Waals surface area contributed by atoms with Gasteiger partial charge < -0.3 is 15.1 Å².